The lowest BCUT2D eigenvalue weighted by Gasteiger charge is -2.39. The fourth-order valence-electron chi connectivity index (χ4n) is 2.64. The van der Waals surface area contributed by atoms with Crippen LogP contribution in [0.25, 0.3) is 0 Å². The first-order valence-corrected chi connectivity index (χ1v) is 8.09. The van der Waals surface area contributed by atoms with Gasteiger partial charge in [-0.2, -0.15) is 0 Å². The molecule has 0 fully saturated rings. The molecule has 136 valence electrons. The van der Waals surface area contributed by atoms with Crippen LogP contribution in [0.5, 0.6) is 0 Å². The van der Waals surface area contributed by atoms with Gasteiger partial charge < -0.3 is 37.9 Å². The zero-order valence-corrected chi connectivity index (χ0v) is 16.4. The predicted molar refractivity (Wildman–Crippen MR) is 90.2 cm³/mol. The van der Waals surface area contributed by atoms with Gasteiger partial charge in [-0.3, -0.25) is 0 Å². The Kier molecular flexibility index (Phi) is 35.6. The summed E-state index contributed by atoms with van der Waals surface area (Å²) in [5, 5.41) is 0. The molecule has 0 aromatic heterocycles. The fourth-order valence-corrected chi connectivity index (χ4v) is 2.64. The maximum atomic E-state index is 2.33. The van der Waals surface area contributed by atoms with E-state index in [0.29, 0.717) is 0 Å². The Bertz CT molecular complexity index is 134. The van der Waals surface area contributed by atoms with Gasteiger partial charge in [-0.15, -0.1) is 0 Å². The molecule has 0 heterocycles. The fraction of sp³-hybridized carbons (Fsp3) is 1.00. The molecule has 0 bridgehead atoms. The van der Waals surface area contributed by atoms with Gasteiger partial charge in [0.15, 0.2) is 0 Å². The van der Waals surface area contributed by atoms with Gasteiger partial charge in [0.2, 0.25) is 0 Å². The van der Waals surface area contributed by atoms with Crippen LogP contribution < -0.4 is 17.0 Å². The van der Waals surface area contributed by atoms with Gasteiger partial charge in [-0.1, -0.05) is 53.4 Å². The number of halogens is 1. The van der Waals surface area contributed by atoms with Gasteiger partial charge in [0.25, 0.3) is 0 Å². The highest BCUT2D eigenvalue weighted by Crippen LogP contribution is 2.16. The van der Waals surface area contributed by atoms with Gasteiger partial charge in [0.05, 0.1) is 26.2 Å². The van der Waals surface area contributed by atoms with Crippen LogP contribution in [0, 0.1) is 0 Å². The summed E-state index contributed by atoms with van der Waals surface area (Å²) >= 11 is 0. The Morgan fingerprint density at radius 1 is 0.476 bits per heavy atom. The molecule has 4 nitrogen and oxygen atoms in total. The van der Waals surface area contributed by atoms with Gasteiger partial charge in [0, 0.05) is 0 Å². The van der Waals surface area contributed by atoms with Crippen molar-refractivity contribution in [3.63, 3.8) is 0 Å². The smallest absolute Gasteiger partial charge is 0.0786 e. The highest BCUT2D eigenvalue weighted by Gasteiger charge is 2.24. The van der Waals surface area contributed by atoms with E-state index in [0.717, 1.165) is 0 Å². The Balaban J connectivity index is -0.000000213. The lowest BCUT2D eigenvalue weighted by Crippen LogP contribution is -3.00. The van der Waals surface area contributed by atoms with E-state index in [1.54, 1.807) is 0 Å². The molecule has 0 radical (unpaired) electrons. The van der Waals surface area contributed by atoms with E-state index in [1.165, 1.54) is 82.0 Å². The molecule has 0 aliphatic rings. The molecule has 6 N–H and O–H groups in total. The van der Waals surface area contributed by atoms with Gasteiger partial charge in [-0.25, -0.2) is 0 Å². The second kappa shape index (κ2) is 22.6. The van der Waals surface area contributed by atoms with E-state index in [-0.39, 0.29) is 33.4 Å². The molecule has 5 heteroatoms. The standard InChI is InChI=1S/C16H36N.BrH.3H2O/c1-5-9-13-17(14-10-6-2,15-11-7-3)16-12-8-4;;;;/h5-16H2,1-4H3;1H;3*1H2/q+1;;;;/p-1. The zero-order chi connectivity index (χ0) is 13.0. The highest BCUT2D eigenvalue weighted by molar-refractivity contribution is 4.49. The maximum Gasteiger partial charge on any atom is 0.0786 e. The summed E-state index contributed by atoms with van der Waals surface area (Å²) in [6, 6.07) is 0. The monoisotopic (exact) mass is 375 g/mol. The molecule has 0 atom stereocenters. The third-order valence-corrected chi connectivity index (χ3v) is 3.94. The summed E-state index contributed by atoms with van der Waals surface area (Å²) < 4.78 is 1.42. The lowest BCUT2D eigenvalue weighted by atomic mass is 10.1. The minimum Gasteiger partial charge on any atom is -1.00 e. The molecule has 0 spiro atoms. The summed E-state index contributed by atoms with van der Waals surface area (Å²) in [6.45, 7) is 15.0. The molecule has 0 aliphatic heterocycles. The minimum absolute atomic E-state index is 0. The van der Waals surface area contributed by atoms with Crippen LogP contribution >= 0.6 is 0 Å². The molecule has 0 unspecified atom stereocenters. The van der Waals surface area contributed by atoms with Crippen molar-refractivity contribution in [3.8, 4) is 0 Å². The number of rotatable bonds is 12. The Labute approximate surface area is 143 Å². The van der Waals surface area contributed by atoms with Crippen molar-refractivity contribution < 1.29 is 37.9 Å². The highest BCUT2D eigenvalue weighted by atomic mass is 79.9. The summed E-state index contributed by atoms with van der Waals surface area (Å²) in [5.41, 5.74) is 0. The van der Waals surface area contributed by atoms with Crippen LogP contribution in [-0.4, -0.2) is 47.1 Å². The Morgan fingerprint density at radius 3 is 0.810 bits per heavy atom. The zero-order valence-electron chi connectivity index (χ0n) is 14.8. The SMILES string of the molecule is CCCC[N+](CCCC)(CCCC)CCCC.O.O.O.[Br-]. The van der Waals surface area contributed by atoms with Crippen molar-refractivity contribution in [2.45, 2.75) is 79.1 Å². The summed E-state index contributed by atoms with van der Waals surface area (Å²) in [7, 11) is 0. The Morgan fingerprint density at radius 2 is 0.667 bits per heavy atom. The quantitative estimate of drug-likeness (QED) is 0.412. The average Bonchev–Trinajstić information content (AvgIpc) is 2.37. The van der Waals surface area contributed by atoms with Crippen molar-refractivity contribution in [1.29, 1.82) is 0 Å². The number of hydrogen-bond acceptors (Lipinski definition) is 0. The van der Waals surface area contributed by atoms with E-state index in [2.05, 4.69) is 27.7 Å². The minimum atomic E-state index is 0. The summed E-state index contributed by atoms with van der Waals surface area (Å²) in [5.74, 6) is 0. The van der Waals surface area contributed by atoms with Crippen LogP contribution in [0.2, 0.25) is 0 Å². The van der Waals surface area contributed by atoms with Crippen LogP contribution in [0.1, 0.15) is 79.1 Å². The third-order valence-electron chi connectivity index (χ3n) is 3.94. The molecule has 0 rings (SSSR count). The summed E-state index contributed by atoms with van der Waals surface area (Å²) in [4.78, 5) is 0. The molecular formula is C16H42BrNO3. The number of nitrogens with zero attached hydrogens (tertiary/aromatic N) is 1. The molecule has 0 aromatic carbocycles. The van der Waals surface area contributed by atoms with E-state index in [1.807, 2.05) is 0 Å². The number of unbranched alkanes of at least 4 members (excludes halogenated alkanes) is 4. The number of hydrogen-bond donors (Lipinski definition) is 0. The van der Waals surface area contributed by atoms with Crippen LogP contribution in [0.4, 0.5) is 0 Å². The molecule has 0 saturated carbocycles. The van der Waals surface area contributed by atoms with Crippen molar-refractivity contribution in [2.75, 3.05) is 26.2 Å². The first-order valence-electron chi connectivity index (χ1n) is 8.09. The van der Waals surface area contributed by atoms with Crippen molar-refractivity contribution in [3.05, 3.63) is 0 Å². The lowest BCUT2D eigenvalue weighted by molar-refractivity contribution is -0.929. The van der Waals surface area contributed by atoms with E-state index in [9.17, 15) is 0 Å². The third kappa shape index (κ3) is 16.5. The Hall–Kier alpha value is 0.320. The average molecular weight is 376 g/mol. The normalized spacial score (nSPS) is 9.71. The van der Waals surface area contributed by atoms with E-state index in [4.69, 9.17) is 0 Å². The van der Waals surface area contributed by atoms with Crippen molar-refractivity contribution in [2.24, 2.45) is 0 Å². The molecule has 0 aromatic rings. The molecule has 21 heavy (non-hydrogen) atoms. The van der Waals surface area contributed by atoms with Crippen LogP contribution in [0.3, 0.4) is 0 Å². The predicted octanol–water partition coefficient (Wildman–Crippen LogP) is -0.466. The van der Waals surface area contributed by atoms with Gasteiger partial charge in [-0.05, 0) is 25.7 Å². The second-order valence-electron chi connectivity index (χ2n) is 5.65. The second-order valence-corrected chi connectivity index (χ2v) is 5.65. The van der Waals surface area contributed by atoms with Crippen molar-refractivity contribution in [1.82, 2.24) is 0 Å². The maximum absolute atomic E-state index is 2.33. The first kappa shape index (κ1) is 33.1. The number of quaternary nitrogens is 1. The van der Waals surface area contributed by atoms with E-state index >= 15 is 0 Å². The topological polar surface area (TPSA) is 94.5 Å². The summed E-state index contributed by atoms with van der Waals surface area (Å²) in [6.07, 6.45) is 11.1. The van der Waals surface area contributed by atoms with Gasteiger partial charge in [0.1, 0.15) is 0 Å². The molecular weight excluding hydrogens is 334 g/mol. The van der Waals surface area contributed by atoms with Crippen molar-refractivity contribution >= 4 is 0 Å². The first-order chi connectivity index (χ1) is 8.24. The van der Waals surface area contributed by atoms with E-state index < -0.39 is 0 Å². The molecule has 0 saturated heterocycles. The largest absolute Gasteiger partial charge is 1.00 e. The molecule has 0 aliphatic carbocycles. The molecule has 0 amide bonds. The van der Waals surface area contributed by atoms with Crippen LogP contribution in [-0.2, 0) is 0 Å². The van der Waals surface area contributed by atoms with Gasteiger partial charge >= 0.3 is 0 Å². The van der Waals surface area contributed by atoms with Crippen LogP contribution in [0.15, 0.2) is 0 Å².